The van der Waals surface area contributed by atoms with E-state index in [9.17, 15) is 0 Å². The average Bonchev–Trinajstić information content (AvgIpc) is 2.83. The molecule has 0 aliphatic carbocycles. The van der Waals surface area contributed by atoms with Crippen molar-refractivity contribution in [3.63, 3.8) is 0 Å². The molecule has 1 aromatic carbocycles. The molecule has 1 atom stereocenters. The van der Waals surface area contributed by atoms with Crippen molar-refractivity contribution in [2.75, 3.05) is 0 Å². The van der Waals surface area contributed by atoms with Gasteiger partial charge in [0.15, 0.2) is 0 Å². The second kappa shape index (κ2) is 5.43. The summed E-state index contributed by atoms with van der Waals surface area (Å²) in [5.41, 5.74) is 10.6. The van der Waals surface area contributed by atoms with E-state index in [0.717, 1.165) is 11.3 Å². The molecule has 1 unspecified atom stereocenters. The van der Waals surface area contributed by atoms with E-state index >= 15 is 0 Å². The maximum Gasteiger partial charge on any atom is 0.0794 e. The molecule has 0 spiro atoms. The van der Waals surface area contributed by atoms with Crippen molar-refractivity contribution in [3.05, 3.63) is 52.0 Å². The van der Waals surface area contributed by atoms with Crippen LogP contribution in [0.25, 0.3) is 0 Å². The predicted molar refractivity (Wildman–Crippen MR) is 73.3 cm³/mol. The van der Waals surface area contributed by atoms with Crippen molar-refractivity contribution in [2.24, 2.45) is 5.73 Å². The number of aromatic nitrogens is 1. The smallest absolute Gasteiger partial charge is 0.0794 e. The minimum absolute atomic E-state index is 0.0624. The van der Waals surface area contributed by atoms with Crippen LogP contribution in [-0.4, -0.2) is 4.98 Å². The van der Waals surface area contributed by atoms with Gasteiger partial charge in [0.2, 0.25) is 0 Å². The van der Waals surface area contributed by atoms with Crippen LogP contribution in [0, 0.1) is 0 Å². The zero-order chi connectivity index (χ0) is 12.3. The molecule has 0 aliphatic rings. The van der Waals surface area contributed by atoms with Crippen LogP contribution in [0.15, 0.2) is 36.0 Å². The van der Waals surface area contributed by atoms with Crippen molar-refractivity contribution >= 4 is 11.3 Å². The summed E-state index contributed by atoms with van der Waals surface area (Å²) < 4.78 is 0. The lowest BCUT2D eigenvalue weighted by molar-refractivity contribution is 0.733. The summed E-state index contributed by atoms with van der Waals surface area (Å²) >= 11 is 1.62. The first kappa shape index (κ1) is 12.3. The van der Waals surface area contributed by atoms with Crippen LogP contribution in [0.4, 0.5) is 0 Å². The first-order chi connectivity index (χ1) is 8.16. The van der Waals surface area contributed by atoms with E-state index in [0.29, 0.717) is 5.92 Å². The third-order valence-electron chi connectivity index (χ3n) is 2.92. The van der Waals surface area contributed by atoms with Gasteiger partial charge in [-0.2, -0.15) is 0 Å². The molecule has 2 rings (SSSR count). The van der Waals surface area contributed by atoms with Crippen molar-refractivity contribution in [2.45, 2.75) is 32.2 Å². The summed E-state index contributed by atoms with van der Waals surface area (Å²) in [6.07, 6.45) is 2.73. The number of hydrogen-bond acceptors (Lipinski definition) is 3. The number of hydrogen-bond donors (Lipinski definition) is 1. The van der Waals surface area contributed by atoms with Gasteiger partial charge in [0.05, 0.1) is 5.51 Å². The average molecular weight is 246 g/mol. The van der Waals surface area contributed by atoms with Gasteiger partial charge in [0.25, 0.3) is 0 Å². The lowest BCUT2D eigenvalue weighted by Gasteiger charge is -2.10. The molecule has 2 aromatic rings. The molecule has 2 nitrogen and oxygen atoms in total. The van der Waals surface area contributed by atoms with E-state index < -0.39 is 0 Å². The van der Waals surface area contributed by atoms with Crippen molar-refractivity contribution in [3.8, 4) is 0 Å². The highest BCUT2D eigenvalue weighted by molar-refractivity contribution is 7.09. The van der Waals surface area contributed by atoms with Gasteiger partial charge in [-0.3, -0.25) is 4.98 Å². The Morgan fingerprint density at radius 1 is 1.24 bits per heavy atom. The molecule has 0 aliphatic heterocycles. The van der Waals surface area contributed by atoms with Crippen LogP contribution < -0.4 is 5.73 Å². The summed E-state index contributed by atoms with van der Waals surface area (Å²) in [7, 11) is 0. The van der Waals surface area contributed by atoms with E-state index in [2.05, 4.69) is 43.1 Å². The van der Waals surface area contributed by atoms with Crippen LogP contribution in [0.1, 0.15) is 41.8 Å². The molecule has 90 valence electrons. The largest absolute Gasteiger partial charge is 0.323 e. The van der Waals surface area contributed by atoms with Gasteiger partial charge >= 0.3 is 0 Å². The Bertz CT molecular complexity index is 446. The summed E-state index contributed by atoms with van der Waals surface area (Å²) in [6.45, 7) is 4.41. The van der Waals surface area contributed by atoms with Gasteiger partial charge < -0.3 is 5.73 Å². The zero-order valence-corrected chi connectivity index (χ0v) is 11.1. The standard InChI is InChI=1S/C14H18N2S/c1-10(2)12-5-3-11(4-6-12)7-13(15)14-8-16-9-17-14/h3-6,8-10,13H,7,15H2,1-2H3. The number of benzene rings is 1. The molecule has 0 amide bonds. The second-order valence-electron chi connectivity index (χ2n) is 4.61. The summed E-state index contributed by atoms with van der Waals surface area (Å²) in [6, 6.07) is 8.80. The maximum atomic E-state index is 6.14. The molecule has 3 heteroatoms. The van der Waals surface area contributed by atoms with Crippen molar-refractivity contribution in [1.29, 1.82) is 0 Å². The fourth-order valence-corrected chi connectivity index (χ4v) is 2.43. The van der Waals surface area contributed by atoms with Gasteiger partial charge in [-0.25, -0.2) is 0 Å². The van der Waals surface area contributed by atoms with E-state index in [1.54, 1.807) is 11.3 Å². The topological polar surface area (TPSA) is 38.9 Å². The highest BCUT2D eigenvalue weighted by Gasteiger charge is 2.08. The second-order valence-corrected chi connectivity index (χ2v) is 5.53. The van der Waals surface area contributed by atoms with Crippen molar-refractivity contribution < 1.29 is 0 Å². The molecule has 1 heterocycles. The Morgan fingerprint density at radius 3 is 2.47 bits per heavy atom. The third kappa shape index (κ3) is 3.14. The molecule has 2 N–H and O–H groups in total. The number of rotatable bonds is 4. The van der Waals surface area contributed by atoms with Crippen LogP contribution in [0.5, 0.6) is 0 Å². The molecule has 0 radical (unpaired) electrons. The number of nitrogens with zero attached hydrogens (tertiary/aromatic N) is 1. The van der Waals surface area contributed by atoms with Crippen LogP contribution in [0.2, 0.25) is 0 Å². The highest BCUT2D eigenvalue weighted by Crippen LogP contribution is 2.21. The van der Waals surface area contributed by atoms with Gasteiger partial charge in [0, 0.05) is 17.1 Å². The molecule has 17 heavy (non-hydrogen) atoms. The summed E-state index contributed by atoms with van der Waals surface area (Å²) in [4.78, 5) is 5.21. The van der Waals surface area contributed by atoms with E-state index in [1.807, 2.05) is 11.7 Å². The molecule has 0 saturated heterocycles. The van der Waals surface area contributed by atoms with E-state index in [-0.39, 0.29) is 6.04 Å². The zero-order valence-electron chi connectivity index (χ0n) is 10.3. The molecular formula is C14H18N2S. The fourth-order valence-electron chi connectivity index (χ4n) is 1.80. The Morgan fingerprint density at radius 2 is 1.94 bits per heavy atom. The molecule has 0 fully saturated rings. The fraction of sp³-hybridized carbons (Fsp3) is 0.357. The number of nitrogens with two attached hydrogens (primary N) is 1. The monoisotopic (exact) mass is 246 g/mol. The Kier molecular flexibility index (Phi) is 3.92. The molecule has 0 saturated carbocycles. The SMILES string of the molecule is CC(C)c1ccc(CC(N)c2cncs2)cc1. The van der Waals surface area contributed by atoms with Crippen LogP contribution in [-0.2, 0) is 6.42 Å². The Labute approximate surface area is 107 Å². The van der Waals surface area contributed by atoms with Crippen molar-refractivity contribution in [1.82, 2.24) is 4.98 Å². The lowest BCUT2D eigenvalue weighted by Crippen LogP contribution is -2.11. The van der Waals surface area contributed by atoms with E-state index in [4.69, 9.17) is 5.73 Å². The van der Waals surface area contributed by atoms with Crippen LogP contribution in [0.3, 0.4) is 0 Å². The van der Waals surface area contributed by atoms with Gasteiger partial charge in [0.1, 0.15) is 0 Å². The minimum atomic E-state index is 0.0624. The van der Waals surface area contributed by atoms with Crippen LogP contribution >= 0.6 is 11.3 Å². The maximum absolute atomic E-state index is 6.14. The number of thiazole rings is 1. The normalized spacial score (nSPS) is 12.9. The first-order valence-electron chi connectivity index (χ1n) is 5.89. The predicted octanol–water partition coefficient (Wildman–Crippen LogP) is 3.51. The Hall–Kier alpha value is -1.19. The third-order valence-corrected chi connectivity index (χ3v) is 3.83. The molecule has 0 bridgehead atoms. The van der Waals surface area contributed by atoms with Gasteiger partial charge in [-0.15, -0.1) is 11.3 Å². The summed E-state index contributed by atoms with van der Waals surface area (Å²) in [5.74, 6) is 0.583. The molecule has 1 aromatic heterocycles. The Balaban J connectivity index is 2.04. The lowest BCUT2D eigenvalue weighted by atomic mass is 9.99. The minimum Gasteiger partial charge on any atom is -0.323 e. The quantitative estimate of drug-likeness (QED) is 0.896. The van der Waals surface area contributed by atoms with Gasteiger partial charge in [-0.05, 0) is 23.5 Å². The summed E-state index contributed by atoms with van der Waals surface area (Å²) in [5, 5.41) is 0. The van der Waals surface area contributed by atoms with E-state index in [1.165, 1.54) is 11.1 Å². The molecular weight excluding hydrogens is 228 g/mol. The first-order valence-corrected chi connectivity index (χ1v) is 6.77. The van der Waals surface area contributed by atoms with Gasteiger partial charge in [-0.1, -0.05) is 38.1 Å². The highest BCUT2D eigenvalue weighted by atomic mass is 32.1.